The van der Waals surface area contributed by atoms with Gasteiger partial charge in [0.1, 0.15) is 6.04 Å². The average molecular weight is 272 g/mol. The summed E-state index contributed by atoms with van der Waals surface area (Å²) in [5.74, 6) is -0.579. The zero-order chi connectivity index (χ0) is 14.6. The molecule has 19 heavy (non-hydrogen) atoms. The fraction of sp³-hybridized carbons (Fsp3) is 0.846. The number of rotatable bonds is 4. The number of carboxylic acids is 1. The van der Waals surface area contributed by atoms with E-state index in [1.807, 2.05) is 6.92 Å². The van der Waals surface area contributed by atoms with Gasteiger partial charge < -0.3 is 20.0 Å². The number of hydrogen-bond acceptors (Lipinski definition) is 3. The van der Waals surface area contributed by atoms with Crippen molar-refractivity contribution in [2.75, 3.05) is 20.1 Å². The molecule has 6 heteroatoms. The van der Waals surface area contributed by atoms with E-state index in [0.29, 0.717) is 18.9 Å². The first-order chi connectivity index (χ1) is 8.86. The van der Waals surface area contributed by atoms with Crippen molar-refractivity contribution in [2.24, 2.45) is 5.92 Å². The summed E-state index contributed by atoms with van der Waals surface area (Å²) >= 11 is 0. The lowest BCUT2D eigenvalue weighted by atomic mass is 9.89. The minimum atomic E-state index is -0.947. The molecular weight excluding hydrogens is 248 g/mol. The molecule has 6 nitrogen and oxygen atoms in total. The zero-order valence-corrected chi connectivity index (χ0v) is 11.9. The first-order valence-corrected chi connectivity index (χ1v) is 6.79. The maximum absolute atomic E-state index is 12.2. The van der Waals surface area contributed by atoms with E-state index in [-0.39, 0.29) is 12.6 Å². The minimum absolute atomic E-state index is 0.207. The van der Waals surface area contributed by atoms with Crippen LogP contribution in [0, 0.1) is 5.92 Å². The first kappa shape index (κ1) is 15.8. The molecule has 0 aliphatic carbocycles. The van der Waals surface area contributed by atoms with Crippen molar-refractivity contribution in [1.29, 1.82) is 0 Å². The van der Waals surface area contributed by atoms with Gasteiger partial charge in [0, 0.05) is 20.1 Å². The molecule has 1 rings (SSSR count). The van der Waals surface area contributed by atoms with Crippen LogP contribution in [0.1, 0.15) is 33.1 Å². The smallest absolute Gasteiger partial charge is 0.326 e. The molecule has 1 heterocycles. The quantitative estimate of drug-likeness (QED) is 0.800. The Morgan fingerprint density at radius 2 is 2.11 bits per heavy atom. The topological polar surface area (TPSA) is 81.1 Å². The van der Waals surface area contributed by atoms with Crippen molar-refractivity contribution in [3.63, 3.8) is 0 Å². The monoisotopic (exact) mass is 272 g/mol. The molecule has 1 saturated heterocycles. The summed E-state index contributed by atoms with van der Waals surface area (Å²) in [5, 5.41) is 18.6. The van der Waals surface area contributed by atoms with Gasteiger partial charge in [0.05, 0.1) is 6.10 Å². The van der Waals surface area contributed by atoms with E-state index in [0.717, 1.165) is 12.8 Å². The Balaban J connectivity index is 2.74. The number of carbonyl (C=O) groups is 2. The molecule has 3 unspecified atom stereocenters. The van der Waals surface area contributed by atoms with Gasteiger partial charge in [-0.2, -0.15) is 0 Å². The molecule has 0 aromatic heterocycles. The van der Waals surface area contributed by atoms with Crippen molar-refractivity contribution in [3.05, 3.63) is 0 Å². The number of carbonyl (C=O) groups excluding carboxylic acids is 1. The van der Waals surface area contributed by atoms with Crippen molar-refractivity contribution >= 4 is 12.0 Å². The van der Waals surface area contributed by atoms with E-state index < -0.39 is 18.1 Å². The number of aliphatic carboxylic acids is 1. The SMILES string of the molecule is CCC1CCN(C(=O)N(C)CC(C)O)C(C(=O)O)C1. The zero-order valence-electron chi connectivity index (χ0n) is 11.9. The standard InChI is InChI=1S/C13H24N2O4/c1-4-10-5-6-15(11(7-10)12(17)18)13(19)14(3)8-9(2)16/h9-11,16H,4-8H2,1-3H3,(H,17,18). The predicted molar refractivity (Wildman–Crippen MR) is 70.9 cm³/mol. The fourth-order valence-corrected chi connectivity index (χ4v) is 2.57. The molecule has 1 aliphatic rings. The van der Waals surface area contributed by atoms with Crippen LogP contribution < -0.4 is 0 Å². The van der Waals surface area contributed by atoms with Crippen LogP contribution >= 0.6 is 0 Å². The molecule has 3 atom stereocenters. The Kier molecular flexibility index (Phi) is 5.60. The molecule has 0 saturated carbocycles. The first-order valence-electron chi connectivity index (χ1n) is 6.79. The fourth-order valence-electron chi connectivity index (χ4n) is 2.57. The number of hydrogen-bond donors (Lipinski definition) is 2. The van der Waals surface area contributed by atoms with Crippen LogP contribution in [0.5, 0.6) is 0 Å². The van der Waals surface area contributed by atoms with Gasteiger partial charge in [-0.25, -0.2) is 9.59 Å². The minimum Gasteiger partial charge on any atom is -0.480 e. The van der Waals surface area contributed by atoms with E-state index in [9.17, 15) is 19.8 Å². The van der Waals surface area contributed by atoms with Gasteiger partial charge in [0.25, 0.3) is 0 Å². The summed E-state index contributed by atoms with van der Waals surface area (Å²) in [6.45, 7) is 4.32. The third kappa shape index (κ3) is 4.09. The lowest BCUT2D eigenvalue weighted by Crippen LogP contribution is -2.54. The number of amides is 2. The van der Waals surface area contributed by atoms with Crippen molar-refractivity contribution in [3.8, 4) is 0 Å². The van der Waals surface area contributed by atoms with Gasteiger partial charge in [0.2, 0.25) is 0 Å². The molecule has 110 valence electrons. The van der Waals surface area contributed by atoms with E-state index >= 15 is 0 Å². The van der Waals surface area contributed by atoms with E-state index in [1.165, 1.54) is 9.80 Å². The highest BCUT2D eigenvalue weighted by Gasteiger charge is 2.36. The maximum atomic E-state index is 12.2. The van der Waals surface area contributed by atoms with Gasteiger partial charge >= 0.3 is 12.0 Å². The maximum Gasteiger partial charge on any atom is 0.326 e. The molecule has 0 spiro atoms. The van der Waals surface area contributed by atoms with Crippen LogP contribution in [-0.2, 0) is 4.79 Å². The number of nitrogens with zero attached hydrogens (tertiary/aromatic N) is 2. The number of urea groups is 1. The lowest BCUT2D eigenvalue weighted by Gasteiger charge is -2.39. The normalized spacial score (nSPS) is 24.9. The summed E-state index contributed by atoms with van der Waals surface area (Å²) in [5.41, 5.74) is 0. The number of aliphatic hydroxyl groups is 1. The van der Waals surface area contributed by atoms with Crippen LogP contribution in [-0.4, -0.2) is 64.3 Å². The molecule has 1 aliphatic heterocycles. The number of aliphatic hydroxyl groups excluding tert-OH is 1. The largest absolute Gasteiger partial charge is 0.480 e. The van der Waals surface area contributed by atoms with Gasteiger partial charge in [-0.3, -0.25) is 0 Å². The van der Waals surface area contributed by atoms with Crippen LogP contribution in [0.15, 0.2) is 0 Å². The molecule has 2 amide bonds. The van der Waals surface area contributed by atoms with Crippen LogP contribution in [0.3, 0.4) is 0 Å². The Labute approximate surface area is 114 Å². The highest BCUT2D eigenvalue weighted by molar-refractivity contribution is 5.82. The van der Waals surface area contributed by atoms with Crippen molar-refractivity contribution < 1.29 is 19.8 Å². The van der Waals surface area contributed by atoms with Gasteiger partial charge in [0.15, 0.2) is 0 Å². The third-order valence-corrected chi connectivity index (χ3v) is 3.68. The third-order valence-electron chi connectivity index (χ3n) is 3.68. The second kappa shape index (κ2) is 6.75. The van der Waals surface area contributed by atoms with Gasteiger partial charge in [-0.05, 0) is 25.7 Å². The molecule has 2 N–H and O–H groups in total. The number of piperidine rings is 1. The number of carboxylic acid groups (broad SMARTS) is 1. The summed E-state index contributed by atoms with van der Waals surface area (Å²) < 4.78 is 0. The highest BCUT2D eigenvalue weighted by Crippen LogP contribution is 2.26. The van der Waals surface area contributed by atoms with E-state index in [2.05, 4.69) is 0 Å². The predicted octanol–water partition coefficient (Wildman–Crippen LogP) is 0.994. The Hall–Kier alpha value is -1.30. The Morgan fingerprint density at radius 3 is 2.58 bits per heavy atom. The molecular formula is C13H24N2O4. The molecule has 0 aromatic carbocycles. The number of likely N-dealkylation sites (N-methyl/N-ethyl adjacent to an activating group) is 1. The molecule has 0 radical (unpaired) electrons. The molecule has 0 bridgehead atoms. The summed E-state index contributed by atoms with van der Waals surface area (Å²) in [6.07, 6.45) is 1.68. The van der Waals surface area contributed by atoms with Gasteiger partial charge in [-0.1, -0.05) is 13.3 Å². The van der Waals surface area contributed by atoms with Crippen molar-refractivity contribution in [2.45, 2.75) is 45.3 Å². The average Bonchev–Trinajstić information content (AvgIpc) is 2.36. The summed E-state index contributed by atoms with van der Waals surface area (Å²) in [7, 11) is 1.58. The molecule has 1 fully saturated rings. The van der Waals surface area contributed by atoms with Crippen LogP contribution in [0.25, 0.3) is 0 Å². The number of likely N-dealkylation sites (tertiary alicyclic amines) is 1. The van der Waals surface area contributed by atoms with E-state index in [4.69, 9.17) is 0 Å². The van der Waals surface area contributed by atoms with Crippen molar-refractivity contribution in [1.82, 2.24) is 9.80 Å². The Morgan fingerprint density at radius 1 is 1.47 bits per heavy atom. The van der Waals surface area contributed by atoms with E-state index in [1.54, 1.807) is 14.0 Å². The highest BCUT2D eigenvalue weighted by atomic mass is 16.4. The second-order valence-corrected chi connectivity index (χ2v) is 5.36. The van der Waals surface area contributed by atoms with Gasteiger partial charge in [-0.15, -0.1) is 0 Å². The lowest BCUT2D eigenvalue weighted by molar-refractivity contribution is -0.144. The second-order valence-electron chi connectivity index (χ2n) is 5.36. The molecule has 0 aromatic rings. The van der Waals surface area contributed by atoms with Crippen LogP contribution in [0.2, 0.25) is 0 Å². The Bertz CT molecular complexity index is 333. The summed E-state index contributed by atoms with van der Waals surface area (Å²) in [4.78, 5) is 26.3. The van der Waals surface area contributed by atoms with Crippen LogP contribution in [0.4, 0.5) is 4.79 Å². The summed E-state index contributed by atoms with van der Waals surface area (Å²) in [6, 6.07) is -1.06.